The first-order chi connectivity index (χ1) is 7.29. The lowest BCUT2D eigenvalue weighted by atomic mass is 10.1. The Hall–Kier alpha value is -1.26. The van der Waals surface area contributed by atoms with Gasteiger partial charge in [0.15, 0.2) is 0 Å². The van der Waals surface area contributed by atoms with Crippen LogP contribution in [0.5, 0.6) is 0 Å². The molecule has 0 spiro atoms. The second-order valence-electron chi connectivity index (χ2n) is 4.40. The Morgan fingerprint density at radius 3 is 2.62 bits per heavy atom. The van der Waals surface area contributed by atoms with E-state index in [0.29, 0.717) is 22.8 Å². The summed E-state index contributed by atoms with van der Waals surface area (Å²) in [6.07, 6.45) is 0. The van der Waals surface area contributed by atoms with Gasteiger partial charge in [0, 0.05) is 22.8 Å². The molecular formula is C11H16ClN3O. The van der Waals surface area contributed by atoms with E-state index in [-0.39, 0.29) is 5.54 Å². The fourth-order valence-corrected chi connectivity index (χ4v) is 1.37. The third kappa shape index (κ3) is 3.72. The van der Waals surface area contributed by atoms with Gasteiger partial charge in [0.05, 0.1) is 5.56 Å². The van der Waals surface area contributed by atoms with Gasteiger partial charge in [-0.3, -0.25) is 4.79 Å². The number of hydrogen-bond acceptors (Lipinski definition) is 3. The van der Waals surface area contributed by atoms with Gasteiger partial charge in [0.2, 0.25) is 0 Å². The minimum absolute atomic E-state index is 0.378. The van der Waals surface area contributed by atoms with Gasteiger partial charge in [-0.05, 0) is 32.0 Å². The van der Waals surface area contributed by atoms with Crippen molar-refractivity contribution in [3.63, 3.8) is 0 Å². The molecular weight excluding hydrogens is 226 g/mol. The molecule has 5 N–H and O–H groups in total. The van der Waals surface area contributed by atoms with Crippen molar-refractivity contribution in [3.05, 3.63) is 28.8 Å². The summed E-state index contributed by atoms with van der Waals surface area (Å²) in [7, 11) is 0. The number of amides is 1. The Morgan fingerprint density at radius 2 is 2.12 bits per heavy atom. The van der Waals surface area contributed by atoms with Crippen LogP contribution < -0.4 is 16.8 Å². The molecule has 1 rings (SSSR count). The number of rotatable bonds is 4. The van der Waals surface area contributed by atoms with E-state index < -0.39 is 5.91 Å². The van der Waals surface area contributed by atoms with Crippen molar-refractivity contribution in [1.82, 2.24) is 0 Å². The van der Waals surface area contributed by atoms with Crippen molar-refractivity contribution >= 4 is 23.2 Å². The van der Waals surface area contributed by atoms with Crippen LogP contribution in [0.4, 0.5) is 5.69 Å². The highest BCUT2D eigenvalue weighted by Gasteiger charge is 2.13. The van der Waals surface area contributed by atoms with E-state index in [0.717, 1.165) is 0 Å². The Morgan fingerprint density at radius 1 is 1.50 bits per heavy atom. The maximum Gasteiger partial charge on any atom is 0.250 e. The molecule has 0 aliphatic heterocycles. The number of nitrogens with two attached hydrogens (primary N) is 2. The topological polar surface area (TPSA) is 81.1 Å². The van der Waals surface area contributed by atoms with Gasteiger partial charge in [0.25, 0.3) is 5.91 Å². The van der Waals surface area contributed by atoms with E-state index in [1.54, 1.807) is 18.2 Å². The molecule has 0 bridgehead atoms. The first-order valence-electron chi connectivity index (χ1n) is 4.92. The quantitative estimate of drug-likeness (QED) is 0.749. The van der Waals surface area contributed by atoms with Gasteiger partial charge in [-0.15, -0.1) is 0 Å². The standard InChI is InChI=1S/C11H16ClN3O/c1-11(2,14)6-15-9-5-7(12)3-4-8(9)10(13)16/h3-5,15H,6,14H2,1-2H3,(H2,13,16). The predicted octanol–water partition coefficient (Wildman–Crippen LogP) is 1.59. The van der Waals surface area contributed by atoms with Crippen LogP contribution in [0.25, 0.3) is 0 Å². The second-order valence-corrected chi connectivity index (χ2v) is 4.83. The largest absolute Gasteiger partial charge is 0.383 e. The number of halogens is 1. The maximum atomic E-state index is 11.2. The average Bonchev–Trinajstić information content (AvgIpc) is 2.13. The van der Waals surface area contributed by atoms with Gasteiger partial charge < -0.3 is 16.8 Å². The molecule has 1 amide bonds. The summed E-state index contributed by atoms with van der Waals surface area (Å²) in [6, 6.07) is 4.88. The van der Waals surface area contributed by atoms with E-state index in [2.05, 4.69) is 5.32 Å². The summed E-state index contributed by atoms with van der Waals surface area (Å²) < 4.78 is 0. The van der Waals surface area contributed by atoms with Gasteiger partial charge in [0.1, 0.15) is 0 Å². The monoisotopic (exact) mass is 241 g/mol. The first kappa shape index (κ1) is 12.8. The molecule has 0 saturated carbocycles. The smallest absolute Gasteiger partial charge is 0.250 e. The minimum atomic E-state index is -0.492. The fraction of sp³-hybridized carbons (Fsp3) is 0.364. The first-order valence-corrected chi connectivity index (χ1v) is 5.29. The summed E-state index contributed by atoms with van der Waals surface area (Å²) in [6.45, 7) is 4.29. The lowest BCUT2D eigenvalue weighted by molar-refractivity contribution is 0.100. The normalized spacial score (nSPS) is 11.2. The number of benzene rings is 1. The molecule has 0 saturated heterocycles. The van der Waals surface area contributed by atoms with Gasteiger partial charge >= 0.3 is 0 Å². The number of carbonyl (C=O) groups is 1. The highest BCUT2D eigenvalue weighted by molar-refractivity contribution is 6.31. The predicted molar refractivity (Wildman–Crippen MR) is 66.7 cm³/mol. The van der Waals surface area contributed by atoms with E-state index in [4.69, 9.17) is 23.1 Å². The number of primary amides is 1. The zero-order valence-electron chi connectivity index (χ0n) is 9.38. The van der Waals surface area contributed by atoms with Crippen LogP contribution >= 0.6 is 11.6 Å². The molecule has 0 radical (unpaired) electrons. The van der Waals surface area contributed by atoms with Crippen LogP contribution in [0.2, 0.25) is 5.02 Å². The van der Waals surface area contributed by atoms with Crippen molar-refractivity contribution in [3.8, 4) is 0 Å². The van der Waals surface area contributed by atoms with Crippen molar-refractivity contribution in [2.45, 2.75) is 19.4 Å². The molecule has 16 heavy (non-hydrogen) atoms. The molecule has 0 aliphatic rings. The molecule has 0 aliphatic carbocycles. The van der Waals surface area contributed by atoms with Crippen LogP contribution in [0.3, 0.4) is 0 Å². The number of carbonyl (C=O) groups excluding carboxylic acids is 1. The summed E-state index contributed by atoms with van der Waals surface area (Å²) in [5.74, 6) is -0.492. The zero-order chi connectivity index (χ0) is 12.3. The van der Waals surface area contributed by atoms with Crippen molar-refractivity contribution in [1.29, 1.82) is 0 Å². The van der Waals surface area contributed by atoms with E-state index in [9.17, 15) is 4.79 Å². The second kappa shape index (κ2) is 4.72. The highest BCUT2D eigenvalue weighted by Crippen LogP contribution is 2.21. The number of hydrogen-bond donors (Lipinski definition) is 3. The van der Waals surface area contributed by atoms with Crippen molar-refractivity contribution < 1.29 is 4.79 Å². The van der Waals surface area contributed by atoms with Crippen LogP contribution in [-0.2, 0) is 0 Å². The van der Waals surface area contributed by atoms with Crippen LogP contribution in [-0.4, -0.2) is 18.0 Å². The molecule has 0 heterocycles. The number of anilines is 1. The Labute approximate surface area is 100.0 Å². The summed E-state index contributed by atoms with van der Waals surface area (Å²) in [5, 5.41) is 3.61. The highest BCUT2D eigenvalue weighted by atomic mass is 35.5. The minimum Gasteiger partial charge on any atom is -0.383 e. The van der Waals surface area contributed by atoms with Gasteiger partial charge in [-0.25, -0.2) is 0 Å². The molecule has 0 unspecified atom stereocenters. The third-order valence-electron chi connectivity index (χ3n) is 1.98. The van der Waals surface area contributed by atoms with Crippen LogP contribution in [0.1, 0.15) is 24.2 Å². The third-order valence-corrected chi connectivity index (χ3v) is 2.22. The molecule has 88 valence electrons. The van der Waals surface area contributed by atoms with E-state index >= 15 is 0 Å². The molecule has 5 heteroatoms. The molecule has 4 nitrogen and oxygen atoms in total. The maximum absolute atomic E-state index is 11.2. The molecule has 1 aromatic carbocycles. The molecule has 0 atom stereocenters. The Balaban J connectivity index is 2.93. The molecule has 0 fully saturated rings. The van der Waals surface area contributed by atoms with Gasteiger partial charge in [-0.2, -0.15) is 0 Å². The molecule has 1 aromatic rings. The summed E-state index contributed by atoms with van der Waals surface area (Å²) >= 11 is 5.85. The van der Waals surface area contributed by atoms with Crippen molar-refractivity contribution in [2.75, 3.05) is 11.9 Å². The molecule has 0 aromatic heterocycles. The average molecular weight is 242 g/mol. The van der Waals surface area contributed by atoms with Crippen LogP contribution in [0.15, 0.2) is 18.2 Å². The van der Waals surface area contributed by atoms with Crippen LogP contribution in [0, 0.1) is 0 Å². The Bertz CT molecular complexity index is 399. The lowest BCUT2D eigenvalue weighted by Gasteiger charge is -2.20. The Kier molecular flexibility index (Phi) is 3.78. The van der Waals surface area contributed by atoms with Gasteiger partial charge in [-0.1, -0.05) is 11.6 Å². The van der Waals surface area contributed by atoms with E-state index in [1.165, 1.54) is 0 Å². The van der Waals surface area contributed by atoms with Crippen molar-refractivity contribution in [2.24, 2.45) is 11.5 Å². The fourth-order valence-electron chi connectivity index (χ4n) is 1.20. The lowest BCUT2D eigenvalue weighted by Crippen LogP contribution is -2.40. The zero-order valence-corrected chi connectivity index (χ0v) is 10.1. The number of nitrogens with one attached hydrogen (secondary N) is 1. The SMILES string of the molecule is CC(C)(N)CNc1cc(Cl)ccc1C(N)=O. The summed E-state index contributed by atoms with van der Waals surface area (Å²) in [4.78, 5) is 11.2. The van der Waals surface area contributed by atoms with E-state index in [1.807, 2.05) is 13.8 Å². The summed E-state index contributed by atoms with van der Waals surface area (Å²) in [5.41, 5.74) is 11.7.